The van der Waals surface area contributed by atoms with Crippen molar-refractivity contribution in [3.8, 4) is 0 Å². The summed E-state index contributed by atoms with van der Waals surface area (Å²) in [6.07, 6.45) is 0. The maximum absolute atomic E-state index is 3.78. The van der Waals surface area contributed by atoms with Crippen LogP contribution >= 0.6 is 11.8 Å². The Balaban J connectivity index is 2.73. The van der Waals surface area contributed by atoms with Crippen LogP contribution in [-0.4, -0.2) is 47.6 Å². The highest BCUT2D eigenvalue weighted by Crippen LogP contribution is 2.27. The van der Waals surface area contributed by atoms with Crippen molar-refractivity contribution in [2.75, 3.05) is 24.6 Å². The van der Waals surface area contributed by atoms with Gasteiger partial charge in [0, 0.05) is 37.0 Å². The summed E-state index contributed by atoms with van der Waals surface area (Å²) in [5.74, 6) is 3.21. The highest BCUT2D eigenvalue weighted by atomic mass is 32.2. The van der Waals surface area contributed by atoms with Gasteiger partial charge < -0.3 is 5.32 Å². The molecule has 1 saturated heterocycles. The molecule has 1 rings (SSSR count). The van der Waals surface area contributed by atoms with Crippen molar-refractivity contribution in [2.45, 2.75) is 66.6 Å². The van der Waals surface area contributed by atoms with Crippen LogP contribution in [0.2, 0.25) is 0 Å². The molecule has 0 spiro atoms. The van der Waals surface area contributed by atoms with Gasteiger partial charge in [-0.05, 0) is 24.0 Å². The molecule has 0 aromatic heterocycles. The highest BCUT2D eigenvalue weighted by Gasteiger charge is 2.36. The molecular formula is C16H34N2S. The third-order valence-electron chi connectivity index (χ3n) is 4.34. The Kier molecular flexibility index (Phi) is 6.68. The second-order valence-electron chi connectivity index (χ2n) is 7.34. The average Bonchev–Trinajstić information content (AvgIpc) is 2.33. The zero-order valence-corrected chi connectivity index (χ0v) is 14.8. The summed E-state index contributed by atoms with van der Waals surface area (Å²) in [5, 5.41) is 3.78. The van der Waals surface area contributed by atoms with Gasteiger partial charge in [0.2, 0.25) is 0 Å². The third-order valence-corrected chi connectivity index (χ3v) is 5.46. The molecule has 1 fully saturated rings. The van der Waals surface area contributed by atoms with Gasteiger partial charge in [-0.2, -0.15) is 11.8 Å². The van der Waals surface area contributed by atoms with Gasteiger partial charge in [-0.15, -0.1) is 0 Å². The molecule has 0 aromatic carbocycles. The average molecular weight is 287 g/mol. The number of nitrogens with one attached hydrogen (secondary N) is 1. The molecule has 3 atom stereocenters. The zero-order valence-electron chi connectivity index (χ0n) is 14.0. The van der Waals surface area contributed by atoms with E-state index in [1.54, 1.807) is 0 Å². The molecule has 0 saturated carbocycles. The van der Waals surface area contributed by atoms with Crippen molar-refractivity contribution >= 4 is 11.8 Å². The molecule has 0 aromatic rings. The first-order valence-electron chi connectivity index (χ1n) is 7.84. The second-order valence-corrected chi connectivity index (χ2v) is 8.66. The molecule has 0 aliphatic carbocycles. The summed E-state index contributed by atoms with van der Waals surface area (Å²) in [7, 11) is 0. The minimum absolute atomic E-state index is 0.345. The third kappa shape index (κ3) is 4.95. The summed E-state index contributed by atoms with van der Waals surface area (Å²) < 4.78 is 0. The lowest BCUT2D eigenvalue weighted by molar-refractivity contribution is 0.0415. The fraction of sp³-hybridized carbons (Fsp3) is 1.00. The van der Waals surface area contributed by atoms with Crippen LogP contribution in [0.5, 0.6) is 0 Å². The lowest BCUT2D eigenvalue weighted by atomic mass is 9.83. The lowest BCUT2D eigenvalue weighted by Gasteiger charge is -2.48. The number of rotatable bonds is 5. The molecule has 0 amide bonds. The Hall–Kier alpha value is 0.270. The standard InChI is InChI=1S/C16H34N2S/c1-8-19-11-13(4)18-10-15(16(5,6)7)17-9-14(18)12(2)3/h12-15,17H,8-11H2,1-7H3. The van der Waals surface area contributed by atoms with Crippen LogP contribution in [0.4, 0.5) is 0 Å². The Morgan fingerprint density at radius 1 is 1.26 bits per heavy atom. The maximum atomic E-state index is 3.78. The van der Waals surface area contributed by atoms with Crippen molar-refractivity contribution in [1.29, 1.82) is 0 Å². The minimum atomic E-state index is 0.345. The van der Waals surface area contributed by atoms with Crippen molar-refractivity contribution in [3.63, 3.8) is 0 Å². The number of thioether (sulfide) groups is 1. The molecule has 114 valence electrons. The van der Waals surface area contributed by atoms with Crippen LogP contribution in [0.25, 0.3) is 0 Å². The Labute approximate surface area is 125 Å². The smallest absolute Gasteiger partial charge is 0.0247 e. The SMILES string of the molecule is CCSCC(C)N1CC(C(C)(C)C)NCC1C(C)C. The molecule has 0 bridgehead atoms. The molecule has 3 heteroatoms. The topological polar surface area (TPSA) is 15.3 Å². The molecular weight excluding hydrogens is 252 g/mol. The Bertz CT molecular complexity index is 260. The van der Waals surface area contributed by atoms with Crippen molar-refractivity contribution in [1.82, 2.24) is 10.2 Å². The lowest BCUT2D eigenvalue weighted by Crippen LogP contribution is -2.63. The normalized spacial score (nSPS) is 27.8. The molecule has 19 heavy (non-hydrogen) atoms. The van der Waals surface area contributed by atoms with E-state index in [0.717, 1.165) is 12.5 Å². The van der Waals surface area contributed by atoms with Gasteiger partial charge >= 0.3 is 0 Å². The van der Waals surface area contributed by atoms with Gasteiger partial charge in [-0.1, -0.05) is 41.5 Å². The molecule has 1 aliphatic heterocycles. The quantitative estimate of drug-likeness (QED) is 0.833. The summed E-state index contributed by atoms with van der Waals surface area (Å²) in [5.41, 5.74) is 0.345. The van der Waals surface area contributed by atoms with Crippen molar-refractivity contribution in [2.24, 2.45) is 11.3 Å². The zero-order chi connectivity index (χ0) is 14.6. The van der Waals surface area contributed by atoms with Crippen LogP contribution in [0, 0.1) is 11.3 Å². The molecule has 1 heterocycles. The molecule has 3 unspecified atom stereocenters. The Morgan fingerprint density at radius 3 is 2.37 bits per heavy atom. The van der Waals surface area contributed by atoms with Crippen LogP contribution in [0.1, 0.15) is 48.5 Å². The summed E-state index contributed by atoms with van der Waals surface area (Å²) in [6.45, 7) is 18.8. The fourth-order valence-electron chi connectivity index (χ4n) is 2.88. The van der Waals surface area contributed by atoms with Gasteiger partial charge in [0.1, 0.15) is 0 Å². The van der Waals surface area contributed by atoms with Crippen molar-refractivity contribution in [3.05, 3.63) is 0 Å². The first kappa shape index (κ1) is 17.3. The van der Waals surface area contributed by atoms with Gasteiger partial charge in [-0.3, -0.25) is 4.90 Å². The highest BCUT2D eigenvalue weighted by molar-refractivity contribution is 7.99. The predicted octanol–water partition coefficient (Wildman–Crippen LogP) is 3.47. The fourth-order valence-corrected chi connectivity index (χ4v) is 3.65. The van der Waals surface area contributed by atoms with E-state index in [1.807, 2.05) is 0 Å². The van der Waals surface area contributed by atoms with Gasteiger partial charge in [0.05, 0.1) is 0 Å². The van der Waals surface area contributed by atoms with Crippen LogP contribution < -0.4 is 5.32 Å². The van der Waals surface area contributed by atoms with E-state index in [-0.39, 0.29) is 0 Å². The summed E-state index contributed by atoms with van der Waals surface area (Å²) >= 11 is 2.07. The van der Waals surface area contributed by atoms with Gasteiger partial charge in [-0.25, -0.2) is 0 Å². The summed E-state index contributed by atoms with van der Waals surface area (Å²) in [6, 6.07) is 1.98. The Morgan fingerprint density at radius 2 is 1.89 bits per heavy atom. The van der Waals surface area contributed by atoms with Gasteiger partial charge in [0.25, 0.3) is 0 Å². The van der Waals surface area contributed by atoms with E-state index >= 15 is 0 Å². The van der Waals surface area contributed by atoms with E-state index < -0.39 is 0 Å². The number of hydrogen-bond donors (Lipinski definition) is 1. The van der Waals surface area contributed by atoms with Crippen LogP contribution in [0.15, 0.2) is 0 Å². The first-order valence-corrected chi connectivity index (χ1v) is 8.99. The van der Waals surface area contributed by atoms with Crippen LogP contribution in [-0.2, 0) is 0 Å². The molecule has 2 nitrogen and oxygen atoms in total. The number of nitrogens with zero attached hydrogens (tertiary/aromatic N) is 1. The molecule has 0 radical (unpaired) electrons. The molecule has 1 aliphatic rings. The van der Waals surface area contributed by atoms with E-state index in [9.17, 15) is 0 Å². The largest absolute Gasteiger partial charge is 0.311 e. The number of piperazine rings is 1. The number of hydrogen-bond acceptors (Lipinski definition) is 3. The predicted molar refractivity (Wildman–Crippen MR) is 89.0 cm³/mol. The first-order chi connectivity index (χ1) is 8.77. The monoisotopic (exact) mass is 286 g/mol. The van der Waals surface area contributed by atoms with E-state index in [1.165, 1.54) is 18.1 Å². The molecule has 1 N–H and O–H groups in total. The maximum Gasteiger partial charge on any atom is 0.0247 e. The summed E-state index contributed by atoms with van der Waals surface area (Å²) in [4.78, 5) is 2.76. The van der Waals surface area contributed by atoms with Gasteiger partial charge in [0.15, 0.2) is 0 Å². The minimum Gasteiger partial charge on any atom is -0.311 e. The van der Waals surface area contributed by atoms with E-state index in [2.05, 4.69) is 70.4 Å². The van der Waals surface area contributed by atoms with Crippen LogP contribution in [0.3, 0.4) is 0 Å². The van der Waals surface area contributed by atoms with E-state index in [0.29, 0.717) is 23.5 Å². The van der Waals surface area contributed by atoms with Crippen molar-refractivity contribution < 1.29 is 0 Å². The van der Waals surface area contributed by atoms with E-state index in [4.69, 9.17) is 0 Å². The second kappa shape index (κ2) is 7.33.